The molecule has 0 unspecified atom stereocenters. The van der Waals surface area contributed by atoms with Gasteiger partial charge in [-0.05, 0) is 13.0 Å². The number of aryl methyl sites for hydroxylation is 1. The Balaban J connectivity index is 2.38. The van der Waals surface area contributed by atoms with E-state index in [2.05, 4.69) is 10.1 Å². The van der Waals surface area contributed by atoms with Gasteiger partial charge in [-0.2, -0.15) is 18.3 Å². The van der Waals surface area contributed by atoms with Gasteiger partial charge < -0.3 is 5.73 Å². The number of fused-ring (bicyclic) bond motifs is 1. The molecule has 7 heteroatoms. The summed E-state index contributed by atoms with van der Waals surface area (Å²) in [6, 6.07) is 6.96. The Hall–Kier alpha value is -2.57. The highest BCUT2D eigenvalue weighted by molar-refractivity contribution is 5.77. The van der Waals surface area contributed by atoms with Gasteiger partial charge in [-0.25, -0.2) is 9.50 Å². The SMILES string of the molecule is Cc1cc2ncc(N)c(-c3ccccc3C(F)(F)F)n2n1. The number of halogens is 3. The molecule has 2 aromatic heterocycles. The molecule has 0 spiro atoms. The first-order chi connectivity index (χ1) is 9.88. The first-order valence-corrected chi connectivity index (χ1v) is 6.15. The van der Waals surface area contributed by atoms with Crippen LogP contribution >= 0.6 is 0 Å². The van der Waals surface area contributed by atoms with Crippen LogP contribution in [0, 0.1) is 6.92 Å². The zero-order valence-electron chi connectivity index (χ0n) is 11.0. The summed E-state index contributed by atoms with van der Waals surface area (Å²) in [6.45, 7) is 1.74. The number of rotatable bonds is 1. The van der Waals surface area contributed by atoms with Crippen LogP contribution in [-0.2, 0) is 6.18 Å². The predicted molar refractivity (Wildman–Crippen MR) is 72.6 cm³/mol. The molecule has 21 heavy (non-hydrogen) atoms. The average molecular weight is 292 g/mol. The van der Waals surface area contributed by atoms with Crippen LogP contribution in [0.25, 0.3) is 16.9 Å². The van der Waals surface area contributed by atoms with E-state index in [0.29, 0.717) is 11.3 Å². The molecule has 3 aromatic rings. The van der Waals surface area contributed by atoms with E-state index in [9.17, 15) is 13.2 Å². The number of anilines is 1. The van der Waals surface area contributed by atoms with Gasteiger partial charge in [0.05, 0.1) is 28.8 Å². The fraction of sp³-hybridized carbons (Fsp3) is 0.143. The molecule has 0 amide bonds. The Kier molecular flexibility index (Phi) is 2.86. The van der Waals surface area contributed by atoms with E-state index in [1.54, 1.807) is 13.0 Å². The molecular weight excluding hydrogens is 281 g/mol. The van der Waals surface area contributed by atoms with E-state index in [1.165, 1.54) is 28.9 Å². The maximum Gasteiger partial charge on any atom is 0.417 e. The van der Waals surface area contributed by atoms with Gasteiger partial charge in [-0.1, -0.05) is 18.2 Å². The van der Waals surface area contributed by atoms with Crippen molar-refractivity contribution in [2.45, 2.75) is 13.1 Å². The van der Waals surface area contributed by atoms with Crippen LogP contribution in [0.1, 0.15) is 11.3 Å². The van der Waals surface area contributed by atoms with E-state index in [1.807, 2.05) is 0 Å². The lowest BCUT2D eigenvalue weighted by Gasteiger charge is -2.14. The maximum absolute atomic E-state index is 13.2. The van der Waals surface area contributed by atoms with E-state index in [4.69, 9.17) is 5.73 Å². The zero-order chi connectivity index (χ0) is 15.2. The first-order valence-electron chi connectivity index (χ1n) is 6.15. The highest BCUT2D eigenvalue weighted by Crippen LogP contribution is 2.38. The summed E-state index contributed by atoms with van der Waals surface area (Å²) in [5, 5.41) is 4.18. The molecule has 0 aliphatic rings. The van der Waals surface area contributed by atoms with Crippen molar-refractivity contribution in [2.75, 3.05) is 5.73 Å². The van der Waals surface area contributed by atoms with E-state index in [-0.39, 0.29) is 16.9 Å². The Bertz CT molecular complexity index is 821. The second kappa shape index (κ2) is 4.47. The summed E-state index contributed by atoms with van der Waals surface area (Å²) in [6.07, 6.45) is -3.13. The second-order valence-electron chi connectivity index (χ2n) is 4.66. The van der Waals surface area contributed by atoms with Crippen LogP contribution in [0.15, 0.2) is 36.5 Å². The minimum atomic E-state index is -4.47. The number of nitrogens with two attached hydrogens (primary N) is 1. The van der Waals surface area contributed by atoms with Gasteiger partial charge in [0.25, 0.3) is 0 Å². The third-order valence-corrected chi connectivity index (χ3v) is 3.12. The molecule has 0 aliphatic heterocycles. The number of alkyl halides is 3. The van der Waals surface area contributed by atoms with E-state index in [0.717, 1.165) is 6.07 Å². The lowest BCUT2D eigenvalue weighted by Crippen LogP contribution is -2.10. The molecule has 0 atom stereocenters. The summed E-state index contributed by atoms with van der Waals surface area (Å²) < 4.78 is 40.9. The van der Waals surface area contributed by atoms with Crippen LogP contribution in [0.2, 0.25) is 0 Å². The molecule has 4 nitrogen and oxygen atoms in total. The Morgan fingerprint density at radius 1 is 1.19 bits per heavy atom. The van der Waals surface area contributed by atoms with Crippen molar-refractivity contribution in [2.24, 2.45) is 0 Å². The third kappa shape index (κ3) is 2.20. The molecule has 0 fully saturated rings. The minimum absolute atomic E-state index is 0.0157. The molecule has 0 aliphatic carbocycles. The van der Waals surface area contributed by atoms with Gasteiger partial charge >= 0.3 is 6.18 Å². The van der Waals surface area contributed by atoms with Crippen LogP contribution in [0.3, 0.4) is 0 Å². The quantitative estimate of drug-likeness (QED) is 0.748. The minimum Gasteiger partial charge on any atom is -0.396 e. The normalized spacial score (nSPS) is 12.0. The zero-order valence-corrected chi connectivity index (χ0v) is 11.0. The number of hydrogen-bond acceptors (Lipinski definition) is 3. The van der Waals surface area contributed by atoms with Gasteiger partial charge in [0.1, 0.15) is 0 Å². The Morgan fingerprint density at radius 3 is 2.62 bits per heavy atom. The van der Waals surface area contributed by atoms with E-state index < -0.39 is 11.7 Å². The number of hydrogen-bond donors (Lipinski definition) is 1. The van der Waals surface area contributed by atoms with Crippen molar-refractivity contribution in [1.82, 2.24) is 14.6 Å². The standard InChI is InChI=1S/C14H11F3N4/c1-8-6-12-19-7-11(18)13(21(12)20-8)9-4-2-3-5-10(9)14(15,16)17/h2-7H,18H2,1H3. The number of nitrogen functional groups attached to an aromatic ring is 1. The molecule has 3 rings (SSSR count). The van der Waals surface area contributed by atoms with Crippen LogP contribution in [0.4, 0.5) is 18.9 Å². The monoisotopic (exact) mass is 292 g/mol. The Labute approximate surface area is 118 Å². The summed E-state index contributed by atoms with van der Waals surface area (Å²) in [4.78, 5) is 4.07. The van der Waals surface area contributed by atoms with Crippen molar-refractivity contribution in [3.63, 3.8) is 0 Å². The van der Waals surface area contributed by atoms with Crippen molar-refractivity contribution in [3.8, 4) is 11.3 Å². The average Bonchev–Trinajstić information content (AvgIpc) is 2.78. The molecule has 0 saturated heterocycles. The van der Waals surface area contributed by atoms with Crippen molar-refractivity contribution in [1.29, 1.82) is 0 Å². The highest BCUT2D eigenvalue weighted by atomic mass is 19.4. The maximum atomic E-state index is 13.2. The number of nitrogens with zero attached hydrogens (tertiary/aromatic N) is 3. The molecule has 2 heterocycles. The van der Waals surface area contributed by atoms with Gasteiger partial charge in [0.2, 0.25) is 0 Å². The Morgan fingerprint density at radius 2 is 1.90 bits per heavy atom. The summed E-state index contributed by atoms with van der Waals surface area (Å²) >= 11 is 0. The predicted octanol–water partition coefficient (Wildman–Crippen LogP) is 3.31. The molecular formula is C14H11F3N4. The fourth-order valence-corrected chi connectivity index (χ4v) is 2.27. The first kappa shape index (κ1) is 13.4. The molecule has 108 valence electrons. The van der Waals surface area contributed by atoms with Gasteiger partial charge in [-0.3, -0.25) is 0 Å². The second-order valence-corrected chi connectivity index (χ2v) is 4.66. The summed E-state index contributed by atoms with van der Waals surface area (Å²) in [7, 11) is 0. The molecule has 0 radical (unpaired) electrons. The third-order valence-electron chi connectivity index (χ3n) is 3.12. The van der Waals surface area contributed by atoms with Crippen molar-refractivity contribution in [3.05, 3.63) is 47.8 Å². The van der Waals surface area contributed by atoms with Gasteiger partial charge in [0, 0.05) is 11.6 Å². The fourth-order valence-electron chi connectivity index (χ4n) is 2.27. The highest BCUT2D eigenvalue weighted by Gasteiger charge is 2.34. The lowest BCUT2D eigenvalue weighted by molar-refractivity contribution is -0.137. The van der Waals surface area contributed by atoms with Crippen molar-refractivity contribution >= 4 is 11.3 Å². The number of benzene rings is 1. The van der Waals surface area contributed by atoms with Gasteiger partial charge in [-0.15, -0.1) is 0 Å². The smallest absolute Gasteiger partial charge is 0.396 e. The van der Waals surface area contributed by atoms with Crippen LogP contribution in [0.5, 0.6) is 0 Å². The summed E-state index contributed by atoms with van der Waals surface area (Å²) in [5.74, 6) is 0. The van der Waals surface area contributed by atoms with Crippen LogP contribution in [-0.4, -0.2) is 14.6 Å². The largest absolute Gasteiger partial charge is 0.417 e. The van der Waals surface area contributed by atoms with Crippen LogP contribution < -0.4 is 5.73 Å². The topological polar surface area (TPSA) is 56.2 Å². The van der Waals surface area contributed by atoms with Crippen molar-refractivity contribution < 1.29 is 13.2 Å². The molecule has 0 bridgehead atoms. The van der Waals surface area contributed by atoms with Gasteiger partial charge in [0.15, 0.2) is 5.65 Å². The molecule has 2 N–H and O–H groups in total. The number of aromatic nitrogens is 3. The lowest BCUT2D eigenvalue weighted by atomic mass is 10.0. The molecule has 0 saturated carbocycles. The summed E-state index contributed by atoms with van der Waals surface area (Å²) in [5.41, 5.74) is 6.52. The van der Waals surface area contributed by atoms with E-state index >= 15 is 0 Å². The molecule has 1 aromatic carbocycles.